The van der Waals surface area contributed by atoms with Crippen LogP contribution >= 0.6 is 22.9 Å². The lowest BCUT2D eigenvalue weighted by Gasteiger charge is -2.06. The van der Waals surface area contributed by atoms with E-state index in [0.29, 0.717) is 33.5 Å². The Kier molecular flexibility index (Phi) is 3.29. The molecule has 2 aromatic heterocycles. The third kappa shape index (κ3) is 2.23. The van der Waals surface area contributed by atoms with Gasteiger partial charge in [-0.25, -0.2) is 9.97 Å². The highest BCUT2D eigenvalue weighted by Gasteiger charge is 2.14. The highest BCUT2D eigenvalue weighted by atomic mass is 35.5. The van der Waals surface area contributed by atoms with Crippen LogP contribution in [0, 0.1) is 11.3 Å². The number of benzene rings is 1. The third-order valence-electron chi connectivity index (χ3n) is 2.89. The average Bonchev–Trinajstić information content (AvgIpc) is 2.97. The number of carbonyl (C=O) groups is 1. The largest absolute Gasteiger partial charge is 0.507 e. The molecule has 0 unspecified atom stereocenters. The van der Waals surface area contributed by atoms with Crippen molar-refractivity contribution in [3.8, 4) is 22.5 Å². The topological polar surface area (TPSA) is 86.9 Å². The Hall–Kier alpha value is -2.49. The molecule has 102 valence electrons. The van der Waals surface area contributed by atoms with Gasteiger partial charge in [0.15, 0.2) is 12.0 Å². The zero-order valence-corrected chi connectivity index (χ0v) is 11.9. The molecule has 3 aromatic rings. The minimum Gasteiger partial charge on any atom is -0.507 e. The van der Waals surface area contributed by atoms with Crippen LogP contribution in [0.2, 0.25) is 5.02 Å². The Morgan fingerprint density at radius 1 is 1.38 bits per heavy atom. The number of aromatic nitrogens is 2. The van der Waals surface area contributed by atoms with Crippen molar-refractivity contribution in [2.75, 3.05) is 0 Å². The number of thiazole rings is 1. The van der Waals surface area contributed by atoms with Gasteiger partial charge >= 0.3 is 0 Å². The molecule has 0 atom stereocenters. The zero-order valence-electron chi connectivity index (χ0n) is 10.4. The summed E-state index contributed by atoms with van der Waals surface area (Å²) in [5.74, 6) is -0.0111. The summed E-state index contributed by atoms with van der Waals surface area (Å²) in [6.07, 6.45) is 0.629. The Labute approximate surface area is 128 Å². The fourth-order valence-corrected chi connectivity index (χ4v) is 2.86. The van der Waals surface area contributed by atoms with Crippen LogP contribution in [0.15, 0.2) is 23.6 Å². The molecule has 2 heterocycles. The fourth-order valence-electron chi connectivity index (χ4n) is 1.90. The fraction of sp³-hybridized carbons (Fsp3) is 0. The number of rotatable bonds is 2. The summed E-state index contributed by atoms with van der Waals surface area (Å²) < 4.78 is 0. The molecule has 0 saturated heterocycles. The van der Waals surface area contributed by atoms with Gasteiger partial charge in [0.25, 0.3) is 0 Å². The van der Waals surface area contributed by atoms with Crippen molar-refractivity contribution < 1.29 is 9.90 Å². The lowest BCUT2D eigenvalue weighted by atomic mass is 10.1. The van der Waals surface area contributed by atoms with Gasteiger partial charge in [0, 0.05) is 22.4 Å². The van der Waals surface area contributed by atoms with Gasteiger partial charge in [0.1, 0.15) is 22.5 Å². The van der Waals surface area contributed by atoms with E-state index in [4.69, 9.17) is 16.9 Å². The van der Waals surface area contributed by atoms with E-state index in [-0.39, 0.29) is 16.5 Å². The van der Waals surface area contributed by atoms with Crippen LogP contribution in [0.3, 0.4) is 0 Å². The highest BCUT2D eigenvalue weighted by Crippen LogP contribution is 2.34. The van der Waals surface area contributed by atoms with E-state index in [9.17, 15) is 9.90 Å². The number of nitriles is 1. The van der Waals surface area contributed by atoms with Crippen molar-refractivity contribution in [2.45, 2.75) is 0 Å². The first kappa shape index (κ1) is 13.5. The van der Waals surface area contributed by atoms with Gasteiger partial charge in [-0.1, -0.05) is 11.6 Å². The van der Waals surface area contributed by atoms with E-state index in [1.807, 2.05) is 6.07 Å². The summed E-state index contributed by atoms with van der Waals surface area (Å²) in [5.41, 5.74) is 1.30. The number of carbonyl (C=O) groups excluding carboxylic acids is 1. The molecule has 0 aliphatic heterocycles. The highest BCUT2D eigenvalue weighted by molar-refractivity contribution is 7.13. The van der Waals surface area contributed by atoms with Gasteiger partial charge in [0.2, 0.25) is 0 Å². The second kappa shape index (κ2) is 5.13. The van der Waals surface area contributed by atoms with E-state index in [1.165, 1.54) is 23.5 Å². The normalized spacial score (nSPS) is 10.5. The zero-order chi connectivity index (χ0) is 15.0. The first-order valence-electron chi connectivity index (χ1n) is 5.77. The van der Waals surface area contributed by atoms with Crippen LogP contribution in [0.4, 0.5) is 0 Å². The number of aldehydes is 1. The summed E-state index contributed by atoms with van der Waals surface area (Å²) in [6.45, 7) is 0. The number of pyridine rings is 1. The number of halogens is 1. The van der Waals surface area contributed by atoms with Crippen LogP contribution in [0.25, 0.3) is 21.6 Å². The summed E-state index contributed by atoms with van der Waals surface area (Å²) in [5, 5.41) is 21.6. The van der Waals surface area contributed by atoms with Crippen molar-refractivity contribution in [1.82, 2.24) is 9.97 Å². The van der Waals surface area contributed by atoms with Gasteiger partial charge in [-0.2, -0.15) is 5.26 Å². The average molecular weight is 316 g/mol. The van der Waals surface area contributed by atoms with Gasteiger partial charge in [0.05, 0.1) is 10.5 Å². The predicted octanol–water partition coefficient (Wildman–Crippen LogP) is 3.40. The van der Waals surface area contributed by atoms with Crippen LogP contribution in [-0.2, 0) is 0 Å². The monoisotopic (exact) mass is 315 g/mol. The maximum absolute atomic E-state index is 10.9. The van der Waals surface area contributed by atoms with Crippen molar-refractivity contribution in [3.63, 3.8) is 0 Å². The summed E-state index contributed by atoms with van der Waals surface area (Å²) in [4.78, 5) is 19.4. The summed E-state index contributed by atoms with van der Waals surface area (Å²) >= 11 is 7.37. The molecule has 5 nitrogen and oxygen atoms in total. The summed E-state index contributed by atoms with van der Waals surface area (Å²) in [6, 6.07) is 6.50. The van der Waals surface area contributed by atoms with Gasteiger partial charge < -0.3 is 5.11 Å². The van der Waals surface area contributed by atoms with Crippen LogP contribution in [0.1, 0.15) is 16.1 Å². The van der Waals surface area contributed by atoms with Gasteiger partial charge in [-0.05, 0) is 12.1 Å². The SMILES string of the molecule is N#Cc1csc(-c2cc(O)c3ccc(C=O)c(Cl)c3n2)n1. The third-order valence-corrected chi connectivity index (χ3v) is 4.15. The van der Waals surface area contributed by atoms with E-state index in [0.717, 1.165) is 0 Å². The Morgan fingerprint density at radius 3 is 2.86 bits per heavy atom. The number of aromatic hydroxyl groups is 1. The van der Waals surface area contributed by atoms with Gasteiger partial charge in [-0.3, -0.25) is 4.79 Å². The molecule has 1 N–H and O–H groups in total. The van der Waals surface area contributed by atoms with E-state index in [1.54, 1.807) is 11.4 Å². The molecule has 0 aliphatic carbocycles. The lowest BCUT2D eigenvalue weighted by Crippen LogP contribution is -1.90. The van der Waals surface area contributed by atoms with Crippen LogP contribution < -0.4 is 0 Å². The van der Waals surface area contributed by atoms with Crippen molar-refractivity contribution in [3.05, 3.63) is 39.9 Å². The number of hydrogen-bond acceptors (Lipinski definition) is 6. The quantitative estimate of drug-likeness (QED) is 0.732. The smallest absolute Gasteiger partial charge is 0.152 e. The minimum absolute atomic E-state index is 0.0111. The second-order valence-electron chi connectivity index (χ2n) is 4.16. The number of nitrogens with zero attached hydrogens (tertiary/aromatic N) is 3. The second-order valence-corrected chi connectivity index (χ2v) is 5.40. The molecule has 0 aliphatic rings. The molecule has 7 heteroatoms. The van der Waals surface area contributed by atoms with Crippen LogP contribution in [-0.4, -0.2) is 21.4 Å². The molecule has 3 rings (SSSR count). The molecule has 0 saturated carbocycles. The Balaban J connectivity index is 2.28. The van der Waals surface area contributed by atoms with Crippen molar-refractivity contribution in [2.24, 2.45) is 0 Å². The molecule has 0 fully saturated rings. The first-order chi connectivity index (χ1) is 10.1. The Bertz CT molecular complexity index is 914. The van der Waals surface area contributed by atoms with Crippen molar-refractivity contribution in [1.29, 1.82) is 5.26 Å². The number of fused-ring (bicyclic) bond motifs is 1. The van der Waals surface area contributed by atoms with E-state index in [2.05, 4.69) is 9.97 Å². The molecular formula is C14H6ClN3O2S. The molecule has 0 amide bonds. The molecule has 0 spiro atoms. The molecule has 0 bridgehead atoms. The van der Waals surface area contributed by atoms with Crippen LogP contribution in [0.5, 0.6) is 5.75 Å². The van der Waals surface area contributed by atoms with E-state index >= 15 is 0 Å². The lowest BCUT2D eigenvalue weighted by molar-refractivity contribution is 0.112. The molecule has 0 radical (unpaired) electrons. The first-order valence-corrected chi connectivity index (χ1v) is 7.03. The maximum Gasteiger partial charge on any atom is 0.152 e. The Morgan fingerprint density at radius 2 is 2.19 bits per heavy atom. The van der Waals surface area contributed by atoms with Crippen molar-refractivity contribution >= 4 is 40.1 Å². The predicted molar refractivity (Wildman–Crippen MR) is 79.6 cm³/mol. The van der Waals surface area contributed by atoms with Gasteiger partial charge in [-0.15, -0.1) is 11.3 Å². The maximum atomic E-state index is 10.9. The standard InChI is InChI=1S/C14H6ClN3O2S/c15-12-7(5-19)1-2-9-11(20)3-10(18-13(9)12)14-17-8(4-16)6-21-14/h1-3,5-6H,(H,18,20). The van der Waals surface area contributed by atoms with E-state index < -0.39 is 0 Å². The summed E-state index contributed by atoms with van der Waals surface area (Å²) in [7, 11) is 0. The number of hydrogen-bond donors (Lipinski definition) is 1. The molecule has 1 aromatic carbocycles. The minimum atomic E-state index is -0.0111. The molecule has 21 heavy (non-hydrogen) atoms. The molecular weight excluding hydrogens is 310 g/mol.